The summed E-state index contributed by atoms with van der Waals surface area (Å²) in [6, 6.07) is 39.7. The maximum Gasteiger partial charge on any atom is 0.253 e. The highest BCUT2D eigenvalue weighted by Crippen LogP contribution is 2.28. The SMILES string of the molecule is Oc1ccc(-c2ccccc2)cc1-[n+]1ccc(-c2cc[n+](-c3cc(-c4ccccc4)ccc3O)cc2)cc1.[Cl-].[Cl-]. The monoisotopic (exact) mass is 564 g/mol. The number of phenolic OH excluding ortho intramolecular Hbond substituents is 2. The summed E-state index contributed by atoms with van der Waals surface area (Å²) in [4.78, 5) is 0. The van der Waals surface area contributed by atoms with Crippen molar-refractivity contribution >= 4 is 0 Å². The van der Waals surface area contributed by atoms with Crippen LogP contribution in [0.2, 0.25) is 0 Å². The molecule has 0 fully saturated rings. The minimum absolute atomic E-state index is 0. The Kier molecular flexibility index (Phi) is 8.85. The number of halogens is 2. The first kappa shape index (κ1) is 28.4. The molecule has 0 amide bonds. The first-order chi connectivity index (χ1) is 18.7. The van der Waals surface area contributed by atoms with Gasteiger partial charge in [-0.2, -0.15) is 9.13 Å². The molecule has 2 aromatic heterocycles. The van der Waals surface area contributed by atoms with Gasteiger partial charge in [-0.25, -0.2) is 0 Å². The molecule has 6 heteroatoms. The molecule has 0 aliphatic heterocycles. The highest BCUT2D eigenvalue weighted by molar-refractivity contribution is 5.68. The molecule has 40 heavy (non-hydrogen) atoms. The quantitative estimate of drug-likeness (QED) is 0.302. The fourth-order valence-corrected chi connectivity index (χ4v) is 4.64. The van der Waals surface area contributed by atoms with Crippen molar-refractivity contribution in [3.63, 3.8) is 0 Å². The molecule has 2 heterocycles. The van der Waals surface area contributed by atoms with Crippen LogP contribution in [0.3, 0.4) is 0 Å². The first-order valence-corrected chi connectivity index (χ1v) is 12.5. The molecule has 0 aliphatic rings. The third kappa shape index (κ3) is 5.84. The van der Waals surface area contributed by atoms with Gasteiger partial charge in [0.15, 0.2) is 36.3 Å². The molecule has 0 radical (unpaired) electrons. The van der Waals surface area contributed by atoms with E-state index in [0.29, 0.717) is 0 Å². The lowest BCUT2D eigenvalue weighted by Gasteiger charge is -2.06. The summed E-state index contributed by atoms with van der Waals surface area (Å²) in [5.41, 5.74) is 7.83. The number of pyridine rings is 2. The third-order valence-corrected chi connectivity index (χ3v) is 6.71. The second-order valence-electron chi connectivity index (χ2n) is 9.13. The predicted molar refractivity (Wildman–Crippen MR) is 149 cm³/mol. The van der Waals surface area contributed by atoms with E-state index in [1.807, 2.05) is 119 Å². The normalized spacial score (nSPS) is 10.3. The molecule has 0 spiro atoms. The molecular weight excluding hydrogens is 539 g/mol. The van der Waals surface area contributed by atoms with Crippen molar-refractivity contribution in [3.05, 3.63) is 146 Å². The van der Waals surface area contributed by atoms with Crippen molar-refractivity contribution in [1.82, 2.24) is 0 Å². The van der Waals surface area contributed by atoms with Gasteiger partial charge in [0.05, 0.1) is 0 Å². The molecule has 0 bridgehead atoms. The lowest BCUT2D eigenvalue weighted by Crippen LogP contribution is -3.00. The number of hydrogen-bond acceptors (Lipinski definition) is 2. The van der Waals surface area contributed by atoms with E-state index in [0.717, 1.165) is 44.8 Å². The van der Waals surface area contributed by atoms with E-state index >= 15 is 0 Å². The van der Waals surface area contributed by atoms with Crippen molar-refractivity contribution in [2.24, 2.45) is 0 Å². The Morgan fingerprint density at radius 1 is 0.350 bits per heavy atom. The maximum absolute atomic E-state index is 10.5. The lowest BCUT2D eigenvalue weighted by molar-refractivity contribution is -0.596. The Bertz CT molecular complexity index is 1580. The van der Waals surface area contributed by atoms with Gasteiger partial charge in [-0.15, -0.1) is 0 Å². The summed E-state index contributed by atoms with van der Waals surface area (Å²) in [6.07, 6.45) is 7.81. The Hall–Kier alpha value is -4.64. The molecule has 0 saturated heterocycles. The van der Waals surface area contributed by atoms with Gasteiger partial charge in [-0.3, -0.25) is 0 Å². The summed E-state index contributed by atoms with van der Waals surface area (Å²) in [6.45, 7) is 0. The van der Waals surface area contributed by atoms with Gasteiger partial charge < -0.3 is 35.0 Å². The number of aromatic hydroxyl groups is 2. The number of nitrogens with zero attached hydrogens (tertiary/aromatic N) is 2. The van der Waals surface area contributed by atoms with Crippen LogP contribution in [-0.2, 0) is 0 Å². The van der Waals surface area contributed by atoms with Gasteiger partial charge in [-0.05, 0) is 45.5 Å². The minimum Gasteiger partial charge on any atom is -1.00 e. The van der Waals surface area contributed by atoms with Gasteiger partial charge in [-0.1, -0.05) is 72.8 Å². The fourth-order valence-electron chi connectivity index (χ4n) is 4.64. The second-order valence-corrected chi connectivity index (χ2v) is 9.13. The number of rotatable bonds is 5. The molecule has 0 aliphatic carbocycles. The standard InChI is InChI=1S/C34H24N2O2.2ClH/c37-33-13-11-29(25-7-3-1-4-8-25)23-31(33)35-19-15-27(16-20-35)28-17-21-36(22-18-28)32-24-30(12-14-34(32)38)26-9-5-2-6-10-26;;/h1-24H;2*1H. The van der Waals surface area contributed by atoms with E-state index < -0.39 is 0 Å². The van der Waals surface area contributed by atoms with Gasteiger partial charge in [0, 0.05) is 36.4 Å². The molecular formula is C34H26Cl2N2O2. The van der Waals surface area contributed by atoms with Crippen LogP contribution in [0.25, 0.3) is 44.8 Å². The molecule has 0 saturated carbocycles. The van der Waals surface area contributed by atoms with Crippen LogP contribution >= 0.6 is 0 Å². The smallest absolute Gasteiger partial charge is 0.253 e. The van der Waals surface area contributed by atoms with Gasteiger partial charge in [0.25, 0.3) is 11.4 Å². The molecule has 0 unspecified atom stereocenters. The van der Waals surface area contributed by atoms with E-state index in [4.69, 9.17) is 0 Å². The van der Waals surface area contributed by atoms with Gasteiger partial charge >= 0.3 is 0 Å². The molecule has 6 rings (SSSR count). The zero-order valence-electron chi connectivity index (χ0n) is 21.4. The third-order valence-electron chi connectivity index (χ3n) is 6.71. The predicted octanol–water partition coefficient (Wildman–Crippen LogP) is 0.660. The number of benzene rings is 4. The average molecular weight is 566 g/mol. The summed E-state index contributed by atoms with van der Waals surface area (Å²) in [7, 11) is 0. The molecule has 0 atom stereocenters. The zero-order chi connectivity index (χ0) is 25.9. The highest BCUT2D eigenvalue weighted by Gasteiger charge is 2.16. The maximum atomic E-state index is 10.5. The van der Waals surface area contributed by atoms with Gasteiger partial charge in [0.1, 0.15) is 0 Å². The number of aromatic nitrogens is 2. The molecule has 4 aromatic carbocycles. The highest BCUT2D eigenvalue weighted by atomic mass is 35.5. The van der Waals surface area contributed by atoms with Crippen molar-refractivity contribution in [1.29, 1.82) is 0 Å². The van der Waals surface area contributed by atoms with Crippen molar-refractivity contribution in [2.45, 2.75) is 0 Å². The van der Waals surface area contributed by atoms with Gasteiger partial charge in [0.2, 0.25) is 0 Å². The van der Waals surface area contributed by atoms with Crippen LogP contribution < -0.4 is 33.9 Å². The average Bonchev–Trinajstić information content (AvgIpc) is 2.99. The molecule has 2 N–H and O–H groups in total. The van der Waals surface area contributed by atoms with Crippen LogP contribution in [-0.4, -0.2) is 10.2 Å². The summed E-state index contributed by atoms with van der Waals surface area (Å²) < 4.78 is 3.84. The Labute approximate surface area is 245 Å². The Morgan fingerprint density at radius 3 is 1.02 bits per heavy atom. The molecule has 6 aromatic rings. The first-order valence-electron chi connectivity index (χ1n) is 12.5. The van der Waals surface area contributed by atoms with Crippen LogP contribution in [0.15, 0.2) is 146 Å². The number of phenols is 2. The lowest BCUT2D eigenvalue weighted by atomic mass is 10.0. The van der Waals surface area contributed by atoms with Crippen molar-refractivity contribution < 1.29 is 44.2 Å². The fraction of sp³-hybridized carbons (Fsp3) is 0. The second kappa shape index (κ2) is 12.5. The molecule has 4 nitrogen and oxygen atoms in total. The summed E-state index contributed by atoms with van der Waals surface area (Å²) >= 11 is 0. The van der Waals surface area contributed by atoms with Crippen molar-refractivity contribution in [3.8, 4) is 56.3 Å². The Balaban J connectivity index is 0.00000185. The molecule has 198 valence electrons. The van der Waals surface area contributed by atoms with Crippen molar-refractivity contribution in [2.75, 3.05) is 0 Å². The number of hydrogen-bond donors (Lipinski definition) is 2. The van der Waals surface area contributed by atoms with E-state index in [1.54, 1.807) is 12.1 Å². The zero-order valence-corrected chi connectivity index (χ0v) is 22.9. The van der Waals surface area contributed by atoms with Crippen LogP contribution in [0.1, 0.15) is 0 Å². The summed E-state index contributed by atoms with van der Waals surface area (Å²) in [5, 5.41) is 21.1. The van der Waals surface area contributed by atoms with E-state index in [9.17, 15) is 10.2 Å². The van der Waals surface area contributed by atoms with Crippen LogP contribution in [0.5, 0.6) is 11.5 Å². The van der Waals surface area contributed by atoms with E-state index in [2.05, 4.69) is 24.3 Å². The van der Waals surface area contributed by atoms with Crippen LogP contribution in [0, 0.1) is 0 Å². The van der Waals surface area contributed by atoms with Crippen LogP contribution in [0.4, 0.5) is 0 Å². The van der Waals surface area contributed by atoms with E-state index in [-0.39, 0.29) is 36.3 Å². The Morgan fingerprint density at radius 2 is 0.675 bits per heavy atom. The summed E-state index contributed by atoms with van der Waals surface area (Å²) in [5.74, 6) is 0.446. The van der Waals surface area contributed by atoms with E-state index in [1.165, 1.54) is 0 Å². The largest absolute Gasteiger partial charge is 1.00 e. The topological polar surface area (TPSA) is 48.2 Å². The minimum atomic E-state index is 0.